The van der Waals surface area contributed by atoms with E-state index in [0.717, 1.165) is 29.6 Å². The highest BCUT2D eigenvalue weighted by Gasteiger charge is 2.30. The number of thiazole rings is 1. The monoisotopic (exact) mass is 302 g/mol. The summed E-state index contributed by atoms with van der Waals surface area (Å²) in [6.45, 7) is 0.970. The summed E-state index contributed by atoms with van der Waals surface area (Å²) in [5, 5.41) is 4.76. The molecule has 0 aliphatic heterocycles. The SMILES string of the molecule is Fc1ccc(Cc2nc(C3CC3)c(CNC3CC3)s2)cc1. The Kier molecular flexibility index (Phi) is 3.51. The van der Waals surface area contributed by atoms with Crippen LogP contribution in [0.5, 0.6) is 0 Å². The molecule has 4 rings (SSSR count). The van der Waals surface area contributed by atoms with Crippen molar-refractivity contribution in [3.63, 3.8) is 0 Å². The molecule has 2 aliphatic carbocycles. The van der Waals surface area contributed by atoms with Crippen LogP contribution in [0.15, 0.2) is 24.3 Å². The Morgan fingerprint density at radius 1 is 1.14 bits per heavy atom. The topological polar surface area (TPSA) is 24.9 Å². The Hall–Kier alpha value is -1.26. The molecule has 0 radical (unpaired) electrons. The van der Waals surface area contributed by atoms with Crippen molar-refractivity contribution in [1.82, 2.24) is 10.3 Å². The maximum Gasteiger partial charge on any atom is 0.123 e. The first kappa shape index (κ1) is 13.4. The third kappa shape index (κ3) is 3.33. The lowest BCUT2D eigenvalue weighted by Crippen LogP contribution is -2.15. The number of nitrogens with one attached hydrogen (secondary N) is 1. The first-order valence-electron chi connectivity index (χ1n) is 7.74. The molecule has 0 bridgehead atoms. The average Bonchev–Trinajstić information content (AvgIpc) is 3.39. The molecule has 2 saturated carbocycles. The highest BCUT2D eigenvalue weighted by molar-refractivity contribution is 7.11. The molecule has 1 heterocycles. The van der Waals surface area contributed by atoms with Gasteiger partial charge < -0.3 is 5.32 Å². The summed E-state index contributed by atoms with van der Waals surface area (Å²) in [6, 6.07) is 7.51. The smallest absolute Gasteiger partial charge is 0.123 e. The van der Waals surface area contributed by atoms with E-state index in [1.165, 1.54) is 48.4 Å². The van der Waals surface area contributed by atoms with Crippen LogP contribution in [-0.4, -0.2) is 11.0 Å². The minimum Gasteiger partial charge on any atom is -0.309 e. The number of hydrogen-bond donors (Lipinski definition) is 1. The van der Waals surface area contributed by atoms with Crippen molar-refractivity contribution < 1.29 is 4.39 Å². The molecule has 2 nitrogen and oxygen atoms in total. The molecule has 0 saturated heterocycles. The summed E-state index contributed by atoms with van der Waals surface area (Å²) in [5.41, 5.74) is 2.46. The summed E-state index contributed by atoms with van der Waals surface area (Å²) >= 11 is 1.83. The number of nitrogens with zero attached hydrogens (tertiary/aromatic N) is 1. The Balaban J connectivity index is 1.51. The molecule has 0 spiro atoms. The molecule has 4 heteroatoms. The molecule has 2 fully saturated rings. The summed E-state index contributed by atoms with van der Waals surface area (Å²) in [6.07, 6.45) is 6.03. The highest BCUT2D eigenvalue weighted by atomic mass is 32.1. The van der Waals surface area contributed by atoms with Gasteiger partial charge in [0.05, 0.1) is 10.7 Å². The van der Waals surface area contributed by atoms with E-state index < -0.39 is 0 Å². The van der Waals surface area contributed by atoms with Crippen LogP contribution < -0.4 is 5.32 Å². The van der Waals surface area contributed by atoms with Crippen molar-refractivity contribution in [2.45, 2.75) is 50.6 Å². The van der Waals surface area contributed by atoms with E-state index >= 15 is 0 Å². The van der Waals surface area contributed by atoms with E-state index in [2.05, 4.69) is 5.32 Å². The van der Waals surface area contributed by atoms with E-state index in [-0.39, 0.29) is 5.82 Å². The van der Waals surface area contributed by atoms with Crippen LogP contribution >= 0.6 is 11.3 Å². The van der Waals surface area contributed by atoms with Crippen LogP contribution in [0.1, 0.15) is 52.7 Å². The third-order valence-corrected chi connectivity index (χ3v) is 5.20. The molecule has 1 N–H and O–H groups in total. The zero-order valence-corrected chi connectivity index (χ0v) is 12.8. The van der Waals surface area contributed by atoms with Crippen LogP contribution in [0.4, 0.5) is 4.39 Å². The van der Waals surface area contributed by atoms with E-state index in [9.17, 15) is 4.39 Å². The number of hydrogen-bond acceptors (Lipinski definition) is 3. The highest BCUT2D eigenvalue weighted by Crippen LogP contribution is 2.43. The molecule has 21 heavy (non-hydrogen) atoms. The molecule has 0 amide bonds. The van der Waals surface area contributed by atoms with Gasteiger partial charge in [0, 0.05) is 29.8 Å². The van der Waals surface area contributed by atoms with Gasteiger partial charge in [0.15, 0.2) is 0 Å². The lowest BCUT2D eigenvalue weighted by Gasteiger charge is -2.01. The van der Waals surface area contributed by atoms with Crippen LogP contribution in [0.2, 0.25) is 0 Å². The fourth-order valence-corrected chi connectivity index (χ4v) is 3.73. The van der Waals surface area contributed by atoms with Gasteiger partial charge >= 0.3 is 0 Å². The second-order valence-corrected chi connectivity index (χ2v) is 7.32. The molecule has 0 unspecified atom stereocenters. The second-order valence-electron chi connectivity index (χ2n) is 6.15. The van der Waals surface area contributed by atoms with Crippen molar-refractivity contribution in [2.24, 2.45) is 0 Å². The van der Waals surface area contributed by atoms with Crippen LogP contribution in [-0.2, 0) is 13.0 Å². The summed E-state index contributed by atoms with van der Waals surface area (Å²) in [5.74, 6) is 0.519. The zero-order chi connectivity index (χ0) is 14.2. The molecule has 2 aliphatic rings. The molecule has 1 aromatic heterocycles. The lowest BCUT2D eigenvalue weighted by molar-refractivity contribution is 0.627. The first-order valence-corrected chi connectivity index (χ1v) is 8.56. The van der Waals surface area contributed by atoms with E-state index in [4.69, 9.17) is 4.98 Å². The first-order chi connectivity index (χ1) is 10.3. The largest absolute Gasteiger partial charge is 0.309 e. The van der Waals surface area contributed by atoms with Crippen LogP contribution in [0, 0.1) is 5.82 Å². The quantitative estimate of drug-likeness (QED) is 0.872. The number of benzene rings is 1. The molecular weight excluding hydrogens is 283 g/mol. The Bertz CT molecular complexity index is 627. The van der Waals surface area contributed by atoms with Gasteiger partial charge in [-0.05, 0) is 43.4 Å². The fourth-order valence-electron chi connectivity index (χ4n) is 2.59. The lowest BCUT2D eigenvalue weighted by atomic mass is 10.1. The van der Waals surface area contributed by atoms with Gasteiger partial charge in [0.25, 0.3) is 0 Å². The molecular formula is C17H19FN2S. The van der Waals surface area contributed by atoms with Gasteiger partial charge in [0.1, 0.15) is 5.82 Å². The maximum absolute atomic E-state index is 13.0. The number of rotatable bonds is 6. The molecule has 110 valence electrons. The Morgan fingerprint density at radius 3 is 2.57 bits per heavy atom. The van der Waals surface area contributed by atoms with Crippen LogP contribution in [0.25, 0.3) is 0 Å². The summed E-state index contributed by atoms with van der Waals surface area (Å²) < 4.78 is 13.0. The minimum atomic E-state index is -0.175. The van der Waals surface area contributed by atoms with E-state index in [0.29, 0.717) is 5.92 Å². The standard InChI is InChI=1S/C17H19FN2S/c18-13-5-1-11(2-6-13)9-16-20-17(12-3-4-12)15(21-16)10-19-14-7-8-14/h1-2,5-6,12,14,19H,3-4,7-10H2. The predicted octanol–water partition coefficient (Wildman–Crippen LogP) is 4.00. The van der Waals surface area contributed by atoms with E-state index in [1.54, 1.807) is 0 Å². The zero-order valence-electron chi connectivity index (χ0n) is 11.9. The minimum absolute atomic E-state index is 0.175. The predicted molar refractivity (Wildman–Crippen MR) is 83.2 cm³/mol. The maximum atomic E-state index is 13.0. The van der Waals surface area contributed by atoms with Gasteiger partial charge in [0.2, 0.25) is 0 Å². The van der Waals surface area contributed by atoms with Crippen LogP contribution in [0.3, 0.4) is 0 Å². The van der Waals surface area contributed by atoms with Gasteiger partial charge in [-0.15, -0.1) is 11.3 Å². The van der Waals surface area contributed by atoms with Crippen molar-refractivity contribution >= 4 is 11.3 Å². The third-order valence-electron chi connectivity index (χ3n) is 4.13. The van der Waals surface area contributed by atoms with Crippen molar-refractivity contribution in [2.75, 3.05) is 0 Å². The van der Waals surface area contributed by atoms with Gasteiger partial charge in [-0.25, -0.2) is 9.37 Å². The fraction of sp³-hybridized carbons (Fsp3) is 0.471. The van der Waals surface area contributed by atoms with Gasteiger partial charge in [-0.1, -0.05) is 12.1 Å². The number of aromatic nitrogens is 1. The van der Waals surface area contributed by atoms with Crippen molar-refractivity contribution in [3.05, 3.63) is 51.2 Å². The Labute approximate surface area is 128 Å². The van der Waals surface area contributed by atoms with E-state index in [1.807, 2.05) is 23.5 Å². The second kappa shape index (κ2) is 5.50. The van der Waals surface area contributed by atoms with Gasteiger partial charge in [-0.2, -0.15) is 0 Å². The Morgan fingerprint density at radius 2 is 1.90 bits per heavy atom. The average molecular weight is 302 g/mol. The number of halogens is 1. The normalized spacial score (nSPS) is 18.1. The molecule has 2 aromatic rings. The molecule has 1 aromatic carbocycles. The molecule has 0 atom stereocenters. The summed E-state index contributed by atoms with van der Waals surface area (Å²) in [4.78, 5) is 6.29. The van der Waals surface area contributed by atoms with Crippen molar-refractivity contribution in [3.8, 4) is 0 Å². The van der Waals surface area contributed by atoms with Gasteiger partial charge in [-0.3, -0.25) is 0 Å². The van der Waals surface area contributed by atoms with Crippen molar-refractivity contribution in [1.29, 1.82) is 0 Å². The summed E-state index contributed by atoms with van der Waals surface area (Å²) in [7, 11) is 0.